The topological polar surface area (TPSA) is 58.0 Å². The van der Waals surface area contributed by atoms with Crippen LogP contribution in [0.5, 0.6) is 0 Å². The van der Waals surface area contributed by atoms with Crippen molar-refractivity contribution >= 4 is 23.0 Å². The molecule has 1 aromatic carbocycles. The Labute approximate surface area is 175 Å². The fourth-order valence-electron chi connectivity index (χ4n) is 4.19. The molecule has 1 aromatic heterocycles. The van der Waals surface area contributed by atoms with Gasteiger partial charge < -0.3 is 9.74 Å². The summed E-state index contributed by atoms with van der Waals surface area (Å²) in [5, 5.41) is 7.57. The third-order valence-corrected chi connectivity index (χ3v) is 7.17. The zero-order valence-corrected chi connectivity index (χ0v) is 17.3. The summed E-state index contributed by atoms with van der Waals surface area (Å²) in [6, 6.07) is 10.2. The average Bonchev–Trinajstić information content (AvgIpc) is 3.41. The molecule has 1 atom stereocenters. The molecule has 2 aromatic rings. The lowest BCUT2D eigenvalue weighted by Crippen LogP contribution is -2.47. The maximum atomic E-state index is 12.4. The Morgan fingerprint density at radius 2 is 1.93 bits per heavy atom. The Morgan fingerprint density at radius 3 is 2.66 bits per heavy atom. The van der Waals surface area contributed by atoms with Crippen molar-refractivity contribution in [3.63, 3.8) is 0 Å². The van der Waals surface area contributed by atoms with Gasteiger partial charge in [0.15, 0.2) is 6.10 Å². The van der Waals surface area contributed by atoms with E-state index in [2.05, 4.69) is 27.6 Å². The number of carbonyl (C=O) groups excluding carboxylic acids is 1. The molecular weight excluding hydrogens is 384 g/mol. The summed E-state index contributed by atoms with van der Waals surface area (Å²) < 4.78 is 0. The second-order valence-corrected chi connectivity index (χ2v) is 8.99. The maximum Gasteiger partial charge on any atom is 0.236 e. The summed E-state index contributed by atoms with van der Waals surface area (Å²) in [6.07, 6.45) is 3.96. The van der Waals surface area contributed by atoms with Crippen LogP contribution in [-0.2, 0) is 9.63 Å². The number of aromatic nitrogens is 1. The van der Waals surface area contributed by atoms with E-state index >= 15 is 0 Å². The molecule has 0 unspecified atom stereocenters. The number of benzene rings is 1. The quantitative estimate of drug-likeness (QED) is 0.758. The molecule has 7 heteroatoms. The minimum atomic E-state index is -0.0167. The summed E-state index contributed by atoms with van der Waals surface area (Å²) >= 11 is 1.71. The molecule has 2 fully saturated rings. The van der Waals surface area contributed by atoms with Gasteiger partial charge in [-0.15, -0.1) is 11.3 Å². The normalized spacial score (nSPS) is 22.8. The monoisotopic (exact) mass is 410 g/mol. The summed E-state index contributed by atoms with van der Waals surface area (Å²) in [7, 11) is 0. The van der Waals surface area contributed by atoms with Crippen LogP contribution in [0.2, 0.25) is 0 Å². The second kappa shape index (κ2) is 8.24. The van der Waals surface area contributed by atoms with Gasteiger partial charge in [0.1, 0.15) is 5.71 Å². The standard InChI is InChI=1S/C22H26N4O2S/c27-21(14-25-9-4-10-25)26-11-7-17(8-12-26)22-23-19(15-29-22)18-13-20(28-24-18)16-5-2-1-3-6-16/h1-3,5-6,15,17,20H,4,7-14H2/t20-/m1/s1. The number of hydrogen-bond donors (Lipinski definition) is 0. The summed E-state index contributed by atoms with van der Waals surface area (Å²) in [5.41, 5.74) is 3.03. The van der Waals surface area contributed by atoms with Crippen LogP contribution in [0.25, 0.3) is 0 Å². The number of piperidine rings is 1. The Hall–Kier alpha value is -2.25. The van der Waals surface area contributed by atoms with Crippen molar-refractivity contribution in [2.24, 2.45) is 5.16 Å². The molecular formula is C22H26N4O2S. The highest BCUT2D eigenvalue weighted by atomic mass is 32.1. The SMILES string of the molecule is O=C(CN1CCC1)N1CCC(c2nc(C3=NO[C@@H](c4ccccc4)C3)cs2)CC1. The van der Waals surface area contributed by atoms with E-state index in [1.165, 1.54) is 11.4 Å². The Bertz CT molecular complexity index is 885. The number of thiazole rings is 1. The van der Waals surface area contributed by atoms with Crippen molar-refractivity contribution in [2.45, 2.75) is 37.7 Å². The molecule has 152 valence electrons. The van der Waals surface area contributed by atoms with Crippen LogP contribution in [-0.4, -0.2) is 59.1 Å². The van der Waals surface area contributed by atoms with Gasteiger partial charge in [-0.2, -0.15) is 0 Å². The van der Waals surface area contributed by atoms with Crippen LogP contribution in [0.15, 0.2) is 40.9 Å². The van der Waals surface area contributed by atoms with Crippen molar-refractivity contribution in [2.75, 3.05) is 32.7 Å². The van der Waals surface area contributed by atoms with Gasteiger partial charge in [0, 0.05) is 30.8 Å². The molecule has 29 heavy (non-hydrogen) atoms. The fraction of sp³-hybridized carbons (Fsp3) is 0.500. The summed E-state index contributed by atoms with van der Waals surface area (Å²) in [4.78, 5) is 27.2. The fourth-order valence-corrected chi connectivity index (χ4v) is 5.19. The van der Waals surface area contributed by atoms with Crippen molar-refractivity contribution in [1.82, 2.24) is 14.8 Å². The Kier molecular flexibility index (Phi) is 5.33. The maximum absolute atomic E-state index is 12.4. The molecule has 4 heterocycles. The highest BCUT2D eigenvalue weighted by Gasteiger charge is 2.29. The van der Waals surface area contributed by atoms with Gasteiger partial charge in [-0.1, -0.05) is 35.5 Å². The molecule has 0 radical (unpaired) electrons. The number of likely N-dealkylation sites (tertiary alicyclic amines) is 2. The lowest BCUT2D eigenvalue weighted by Gasteiger charge is -2.35. The molecule has 5 rings (SSSR count). The Morgan fingerprint density at radius 1 is 1.14 bits per heavy atom. The van der Waals surface area contributed by atoms with Crippen LogP contribution < -0.4 is 0 Å². The van der Waals surface area contributed by atoms with E-state index in [0.717, 1.165) is 62.4 Å². The third-order valence-electron chi connectivity index (χ3n) is 6.16. The second-order valence-electron chi connectivity index (χ2n) is 8.10. The molecule has 1 amide bonds. The lowest BCUT2D eigenvalue weighted by atomic mass is 9.97. The van der Waals surface area contributed by atoms with Gasteiger partial charge in [0.25, 0.3) is 0 Å². The van der Waals surface area contributed by atoms with Gasteiger partial charge in [-0.05, 0) is 37.9 Å². The van der Waals surface area contributed by atoms with Crippen molar-refractivity contribution < 1.29 is 9.63 Å². The molecule has 0 spiro atoms. The first-order chi connectivity index (χ1) is 14.3. The smallest absolute Gasteiger partial charge is 0.236 e. The number of amides is 1. The minimum absolute atomic E-state index is 0.0167. The van der Waals surface area contributed by atoms with E-state index < -0.39 is 0 Å². The van der Waals surface area contributed by atoms with E-state index in [9.17, 15) is 4.79 Å². The van der Waals surface area contributed by atoms with Crippen LogP contribution in [0, 0.1) is 0 Å². The number of hydrogen-bond acceptors (Lipinski definition) is 6. The zero-order valence-electron chi connectivity index (χ0n) is 16.5. The molecule has 3 aliphatic heterocycles. The van der Waals surface area contributed by atoms with E-state index in [0.29, 0.717) is 12.5 Å². The number of nitrogens with zero attached hydrogens (tertiary/aromatic N) is 4. The molecule has 0 saturated carbocycles. The highest BCUT2D eigenvalue weighted by Crippen LogP contribution is 2.33. The van der Waals surface area contributed by atoms with E-state index in [-0.39, 0.29) is 12.0 Å². The largest absolute Gasteiger partial charge is 0.387 e. The van der Waals surface area contributed by atoms with E-state index in [1.807, 2.05) is 23.1 Å². The molecule has 2 saturated heterocycles. The minimum Gasteiger partial charge on any atom is -0.387 e. The highest BCUT2D eigenvalue weighted by molar-refractivity contribution is 7.10. The van der Waals surface area contributed by atoms with E-state index in [1.54, 1.807) is 11.3 Å². The van der Waals surface area contributed by atoms with Crippen molar-refractivity contribution in [3.05, 3.63) is 52.0 Å². The van der Waals surface area contributed by atoms with Gasteiger partial charge >= 0.3 is 0 Å². The van der Waals surface area contributed by atoms with Gasteiger partial charge in [-0.25, -0.2) is 4.98 Å². The van der Waals surface area contributed by atoms with Crippen molar-refractivity contribution in [3.8, 4) is 0 Å². The molecule has 3 aliphatic rings. The third kappa shape index (κ3) is 4.07. The van der Waals surface area contributed by atoms with E-state index in [4.69, 9.17) is 9.82 Å². The summed E-state index contributed by atoms with van der Waals surface area (Å²) in [6.45, 7) is 4.42. The van der Waals surface area contributed by atoms with Crippen molar-refractivity contribution in [1.29, 1.82) is 0 Å². The molecule has 0 aliphatic carbocycles. The van der Waals surface area contributed by atoms with Gasteiger partial charge in [0.05, 0.1) is 17.2 Å². The van der Waals surface area contributed by atoms with Crippen LogP contribution in [0.3, 0.4) is 0 Å². The first-order valence-electron chi connectivity index (χ1n) is 10.5. The molecule has 6 nitrogen and oxygen atoms in total. The Balaban J connectivity index is 1.16. The first-order valence-corrected chi connectivity index (χ1v) is 11.4. The molecule has 0 bridgehead atoms. The number of rotatable bonds is 5. The average molecular weight is 411 g/mol. The lowest BCUT2D eigenvalue weighted by molar-refractivity contribution is -0.134. The van der Waals surface area contributed by atoms with Crippen LogP contribution in [0.4, 0.5) is 0 Å². The number of carbonyl (C=O) groups is 1. The first kappa shape index (κ1) is 18.8. The van der Waals surface area contributed by atoms with Gasteiger partial charge in [-0.3, -0.25) is 9.69 Å². The number of oxime groups is 1. The summed E-state index contributed by atoms with van der Waals surface area (Å²) in [5.74, 6) is 0.724. The molecule has 0 N–H and O–H groups in total. The zero-order chi connectivity index (χ0) is 19.6. The van der Waals surface area contributed by atoms with Crippen LogP contribution in [0.1, 0.15) is 54.0 Å². The van der Waals surface area contributed by atoms with Crippen LogP contribution >= 0.6 is 11.3 Å². The predicted octanol–water partition coefficient (Wildman–Crippen LogP) is 3.42. The predicted molar refractivity (Wildman–Crippen MR) is 113 cm³/mol. The van der Waals surface area contributed by atoms with Gasteiger partial charge in [0.2, 0.25) is 5.91 Å².